The molecule has 0 bridgehead atoms. The minimum atomic E-state index is -0.613. The van der Waals surface area contributed by atoms with Gasteiger partial charge in [0.05, 0.1) is 0 Å². The predicted molar refractivity (Wildman–Crippen MR) is 31.0 cm³/mol. The molecule has 0 aliphatic heterocycles. The Balaban J connectivity index is 2.63. The maximum absolute atomic E-state index is 5.28. The highest BCUT2D eigenvalue weighted by Gasteiger charge is 1.94. The first kappa shape index (κ1) is 6.76. The molecule has 0 aromatic rings. The third kappa shape index (κ3) is 4.76. The van der Waals surface area contributed by atoms with E-state index >= 15 is 0 Å². The summed E-state index contributed by atoms with van der Waals surface area (Å²) in [4.78, 5) is 0. The van der Waals surface area contributed by atoms with Gasteiger partial charge in [0, 0.05) is 7.11 Å². The van der Waals surface area contributed by atoms with Crippen LogP contribution in [0.2, 0.25) is 0 Å². The van der Waals surface area contributed by atoms with E-state index < -0.39 is 9.76 Å². The largest absolute Gasteiger partial charge is 0.424 e. The Hall–Kier alpha value is 0.757. The average Bonchev–Trinajstić information content (AvgIpc) is 1.35. The van der Waals surface area contributed by atoms with Gasteiger partial charge in [0.1, 0.15) is 4.46 Å². The van der Waals surface area contributed by atoms with Gasteiger partial charge in [-0.2, -0.15) is 0 Å². The van der Waals surface area contributed by atoms with Crippen molar-refractivity contribution in [1.29, 1.82) is 0 Å². The van der Waals surface area contributed by atoms with Crippen LogP contribution in [-0.2, 0) is 4.43 Å². The Morgan fingerprint density at radius 1 is 1.67 bits per heavy atom. The van der Waals surface area contributed by atoms with Crippen LogP contribution in [0.25, 0.3) is 0 Å². The molecule has 0 atom stereocenters. The molecule has 0 saturated carbocycles. The zero-order chi connectivity index (χ0) is 4.99. The molecule has 0 heterocycles. The van der Waals surface area contributed by atoms with Crippen LogP contribution in [0.4, 0.5) is 0 Å². The normalized spacial score (nSPS) is 12.0. The first-order valence-electron chi connectivity index (χ1n) is 1.54. The molecule has 0 N–H and O–H groups in total. The number of hydrogen-bond donors (Lipinski definition) is 0. The predicted octanol–water partition coefficient (Wildman–Crippen LogP) is 0.478. The van der Waals surface area contributed by atoms with Gasteiger partial charge in [-0.25, -0.2) is 0 Å². The summed E-state index contributed by atoms with van der Waals surface area (Å²) in [5.74, 6) is 0. The average molecular weight is 145 g/mol. The van der Waals surface area contributed by atoms with E-state index in [1.54, 1.807) is 7.11 Å². The zero-order valence-electron chi connectivity index (χ0n) is 3.45. The summed E-state index contributed by atoms with van der Waals surface area (Å²) in [7, 11) is 1.00. The second-order valence-corrected chi connectivity index (χ2v) is 4.89. The molecular weight excluding hydrogens is 139 g/mol. The second kappa shape index (κ2) is 3.93. The Labute approximate surface area is 49.5 Å². The zero-order valence-corrected chi connectivity index (χ0v) is 6.37. The lowest BCUT2D eigenvalue weighted by Crippen LogP contribution is -2.02. The molecule has 0 unspecified atom stereocenters. The number of hydrogen-bond acceptors (Lipinski definition) is 1. The summed E-state index contributed by atoms with van der Waals surface area (Å²) in [6.45, 7) is 0. The van der Waals surface area contributed by atoms with E-state index in [0.29, 0.717) is 0 Å². The van der Waals surface area contributed by atoms with Gasteiger partial charge in [0.15, 0.2) is 9.76 Å². The molecule has 0 amide bonds. The van der Waals surface area contributed by atoms with Crippen molar-refractivity contribution in [2.75, 3.05) is 7.11 Å². The molecule has 0 aromatic carbocycles. The quantitative estimate of drug-likeness (QED) is 0.405. The van der Waals surface area contributed by atoms with Gasteiger partial charge in [-0.1, -0.05) is 0 Å². The molecule has 0 rings (SSSR count). The molecule has 0 saturated heterocycles. The third-order valence-corrected chi connectivity index (χ3v) is 1.63. The molecule has 0 aromatic heterocycles. The SMILES string of the molecule is CO[SiH2]C(Cl)Cl. The maximum atomic E-state index is 5.28. The highest BCUT2D eigenvalue weighted by molar-refractivity contribution is 6.65. The molecule has 38 valence electrons. The lowest BCUT2D eigenvalue weighted by atomic mass is 11.8. The van der Waals surface area contributed by atoms with Gasteiger partial charge in [-0.15, -0.1) is 23.2 Å². The summed E-state index contributed by atoms with van der Waals surface area (Å²) >= 11 is 10.6. The van der Waals surface area contributed by atoms with Gasteiger partial charge >= 0.3 is 0 Å². The van der Waals surface area contributed by atoms with Crippen LogP contribution in [0.15, 0.2) is 0 Å². The van der Waals surface area contributed by atoms with Gasteiger partial charge in [0.25, 0.3) is 0 Å². The Morgan fingerprint density at radius 2 is 2.17 bits per heavy atom. The molecular formula is C2H6Cl2OSi. The molecule has 0 fully saturated rings. The Kier molecular flexibility index (Phi) is 4.43. The van der Waals surface area contributed by atoms with Gasteiger partial charge in [0.2, 0.25) is 0 Å². The fourth-order valence-corrected chi connectivity index (χ4v) is 1.13. The topological polar surface area (TPSA) is 9.23 Å². The smallest absolute Gasteiger partial charge is 0.195 e. The van der Waals surface area contributed by atoms with Crippen molar-refractivity contribution < 1.29 is 4.43 Å². The summed E-state index contributed by atoms with van der Waals surface area (Å²) in [5, 5.41) is 0. The third-order valence-electron chi connectivity index (χ3n) is 0.293. The molecule has 0 aliphatic carbocycles. The van der Waals surface area contributed by atoms with Crippen LogP contribution < -0.4 is 0 Å². The number of rotatable bonds is 2. The van der Waals surface area contributed by atoms with Crippen LogP contribution in [0.5, 0.6) is 0 Å². The van der Waals surface area contributed by atoms with E-state index in [0.717, 1.165) is 0 Å². The van der Waals surface area contributed by atoms with Crippen LogP contribution in [-0.4, -0.2) is 21.3 Å². The lowest BCUT2D eigenvalue weighted by molar-refractivity contribution is 0.443. The first-order chi connectivity index (χ1) is 2.77. The van der Waals surface area contributed by atoms with Crippen molar-refractivity contribution in [3.05, 3.63) is 0 Å². The van der Waals surface area contributed by atoms with Gasteiger partial charge in [-0.3, -0.25) is 0 Å². The van der Waals surface area contributed by atoms with Crippen LogP contribution >= 0.6 is 23.2 Å². The fraction of sp³-hybridized carbons (Fsp3) is 1.00. The van der Waals surface area contributed by atoms with Crippen molar-refractivity contribution in [3.63, 3.8) is 0 Å². The minimum Gasteiger partial charge on any atom is -0.424 e. The standard InChI is InChI=1S/C2H6Cl2OSi/c1-5-6-2(3)4/h2H,6H2,1H3. The highest BCUT2D eigenvalue weighted by Crippen LogP contribution is 1.96. The fourth-order valence-electron chi connectivity index (χ4n) is 0.126. The maximum Gasteiger partial charge on any atom is 0.195 e. The Morgan fingerprint density at radius 3 is 2.17 bits per heavy atom. The molecule has 6 heavy (non-hydrogen) atoms. The summed E-state index contributed by atoms with van der Waals surface area (Å²) in [5.41, 5.74) is 0. The summed E-state index contributed by atoms with van der Waals surface area (Å²) in [6.07, 6.45) is 0. The van der Waals surface area contributed by atoms with Crippen molar-refractivity contribution in [2.45, 2.75) is 4.46 Å². The van der Waals surface area contributed by atoms with Crippen molar-refractivity contribution >= 4 is 33.0 Å². The van der Waals surface area contributed by atoms with E-state index in [9.17, 15) is 0 Å². The first-order valence-corrected chi connectivity index (χ1v) is 3.81. The lowest BCUT2D eigenvalue weighted by Gasteiger charge is -1.91. The molecule has 0 radical (unpaired) electrons. The monoisotopic (exact) mass is 144 g/mol. The van der Waals surface area contributed by atoms with Gasteiger partial charge in [-0.05, 0) is 0 Å². The van der Waals surface area contributed by atoms with E-state index in [4.69, 9.17) is 23.2 Å². The summed E-state index contributed by atoms with van der Waals surface area (Å²) in [6, 6.07) is 0. The van der Waals surface area contributed by atoms with E-state index in [1.807, 2.05) is 0 Å². The Bertz CT molecular complexity index is 32.7. The van der Waals surface area contributed by atoms with Gasteiger partial charge < -0.3 is 4.43 Å². The molecule has 0 aliphatic rings. The van der Waals surface area contributed by atoms with Crippen LogP contribution in [0.3, 0.4) is 0 Å². The van der Waals surface area contributed by atoms with Crippen molar-refractivity contribution in [1.82, 2.24) is 0 Å². The number of halogens is 2. The number of alkyl halides is 2. The molecule has 0 spiro atoms. The minimum absolute atomic E-state index is 0.241. The van der Waals surface area contributed by atoms with E-state index in [2.05, 4.69) is 4.43 Å². The van der Waals surface area contributed by atoms with Crippen LogP contribution in [0, 0.1) is 0 Å². The highest BCUT2D eigenvalue weighted by atomic mass is 35.5. The van der Waals surface area contributed by atoms with Crippen LogP contribution in [0.1, 0.15) is 0 Å². The van der Waals surface area contributed by atoms with Crippen molar-refractivity contribution in [2.24, 2.45) is 0 Å². The summed E-state index contributed by atoms with van der Waals surface area (Å²) < 4.78 is 4.44. The van der Waals surface area contributed by atoms with E-state index in [1.165, 1.54) is 0 Å². The molecule has 4 heteroatoms. The molecule has 1 nitrogen and oxygen atoms in total. The van der Waals surface area contributed by atoms with Crippen molar-refractivity contribution in [3.8, 4) is 0 Å². The van der Waals surface area contributed by atoms with E-state index in [-0.39, 0.29) is 4.46 Å². The second-order valence-electron chi connectivity index (χ2n) is 0.846.